The quantitative estimate of drug-likeness (QED) is 0.854. The Hall–Kier alpha value is -1.03. The number of aromatic nitrogens is 2. The van der Waals surface area contributed by atoms with Gasteiger partial charge in [0.15, 0.2) is 5.82 Å². The fourth-order valence-corrected chi connectivity index (χ4v) is 2.66. The first kappa shape index (κ1) is 14.4. The second-order valence-electron chi connectivity index (χ2n) is 5.56. The Morgan fingerprint density at radius 2 is 2.05 bits per heavy atom. The number of hydrogen-bond acceptors (Lipinski definition) is 4. The lowest BCUT2D eigenvalue weighted by Crippen LogP contribution is -2.37. The molecule has 5 heteroatoms. The van der Waals surface area contributed by atoms with E-state index in [0.29, 0.717) is 11.0 Å². The first-order valence-electron chi connectivity index (χ1n) is 7.17. The van der Waals surface area contributed by atoms with Crippen molar-refractivity contribution in [1.29, 1.82) is 0 Å². The summed E-state index contributed by atoms with van der Waals surface area (Å²) >= 11 is 6.20. The molecule has 106 valence electrons. The Bertz CT molecular complexity index is 416. The van der Waals surface area contributed by atoms with Crippen LogP contribution in [0.25, 0.3) is 0 Å². The standard InChI is InChI=1S/C14H23ClN4/c1-3-9-16-13-17-10-11(15)12(18-13)19-14(2)7-5-4-6-8-14/h10H,3-9H2,1-2H3,(H2,16,17,18,19). The minimum Gasteiger partial charge on any atom is -0.364 e. The molecule has 19 heavy (non-hydrogen) atoms. The first-order valence-corrected chi connectivity index (χ1v) is 7.55. The first-order chi connectivity index (χ1) is 9.13. The van der Waals surface area contributed by atoms with Gasteiger partial charge in [-0.25, -0.2) is 4.98 Å². The van der Waals surface area contributed by atoms with Crippen molar-refractivity contribution >= 4 is 23.4 Å². The third-order valence-corrected chi connectivity index (χ3v) is 3.93. The highest BCUT2D eigenvalue weighted by Crippen LogP contribution is 2.32. The van der Waals surface area contributed by atoms with E-state index in [2.05, 4.69) is 34.4 Å². The molecule has 0 aromatic carbocycles. The van der Waals surface area contributed by atoms with E-state index in [1.165, 1.54) is 32.1 Å². The third kappa shape index (κ3) is 3.96. The molecular formula is C14H23ClN4. The molecule has 1 aliphatic rings. The van der Waals surface area contributed by atoms with E-state index in [0.717, 1.165) is 18.8 Å². The van der Waals surface area contributed by atoms with Crippen LogP contribution in [0.3, 0.4) is 0 Å². The van der Waals surface area contributed by atoms with E-state index in [1.807, 2.05) is 0 Å². The number of anilines is 2. The average Bonchev–Trinajstić information content (AvgIpc) is 2.40. The van der Waals surface area contributed by atoms with Crippen LogP contribution < -0.4 is 10.6 Å². The van der Waals surface area contributed by atoms with Gasteiger partial charge in [-0.15, -0.1) is 0 Å². The molecule has 1 fully saturated rings. The Balaban J connectivity index is 2.09. The zero-order chi connectivity index (χ0) is 13.7. The molecule has 1 saturated carbocycles. The molecule has 1 aromatic heterocycles. The summed E-state index contributed by atoms with van der Waals surface area (Å²) in [5.41, 5.74) is 0.109. The topological polar surface area (TPSA) is 49.8 Å². The molecule has 4 nitrogen and oxygen atoms in total. The van der Waals surface area contributed by atoms with Gasteiger partial charge in [-0.05, 0) is 26.2 Å². The molecule has 1 aromatic rings. The SMILES string of the molecule is CCCNc1ncc(Cl)c(NC2(C)CCCCC2)n1. The van der Waals surface area contributed by atoms with Crippen LogP contribution in [-0.2, 0) is 0 Å². The Morgan fingerprint density at radius 3 is 2.74 bits per heavy atom. The van der Waals surface area contributed by atoms with Crippen molar-refractivity contribution in [1.82, 2.24) is 9.97 Å². The molecular weight excluding hydrogens is 260 g/mol. The van der Waals surface area contributed by atoms with E-state index in [4.69, 9.17) is 11.6 Å². The highest BCUT2D eigenvalue weighted by Gasteiger charge is 2.27. The summed E-state index contributed by atoms with van der Waals surface area (Å²) in [6.07, 6.45) is 8.93. The second-order valence-corrected chi connectivity index (χ2v) is 5.97. The normalized spacial score (nSPS) is 18.1. The zero-order valence-corrected chi connectivity index (χ0v) is 12.6. The van der Waals surface area contributed by atoms with Gasteiger partial charge in [0.2, 0.25) is 5.95 Å². The summed E-state index contributed by atoms with van der Waals surface area (Å²) in [6, 6.07) is 0. The Morgan fingerprint density at radius 1 is 1.32 bits per heavy atom. The van der Waals surface area contributed by atoms with Crippen LogP contribution in [0.5, 0.6) is 0 Å². The van der Waals surface area contributed by atoms with Crippen molar-refractivity contribution in [3.63, 3.8) is 0 Å². The fourth-order valence-electron chi connectivity index (χ4n) is 2.52. The Labute approximate surface area is 120 Å². The van der Waals surface area contributed by atoms with Gasteiger partial charge in [-0.1, -0.05) is 37.8 Å². The fraction of sp³-hybridized carbons (Fsp3) is 0.714. The lowest BCUT2D eigenvalue weighted by atomic mass is 9.83. The number of nitrogens with zero attached hydrogens (tertiary/aromatic N) is 2. The molecule has 0 aliphatic heterocycles. The Kier molecular flexibility index (Phi) is 4.86. The second kappa shape index (κ2) is 6.42. The number of rotatable bonds is 5. The lowest BCUT2D eigenvalue weighted by Gasteiger charge is -2.35. The van der Waals surface area contributed by atoms with Gasteiger partial charge in [0.1, 0.15) is 5.02 Å². The number of halogens is 1. The van der Waals surface area contributed by atoms with Crippen molar-refractivity contribution in [3.8, 4) is 0 Å². The van der Waals surface area contributed by atoms with Crippen molar-refractivity contribution in [2.45, 2.75) is 57.9 Å². The molecule has 0 spiro atoms. The monoisotopic (exact) mass is 282 g/mol. The van der Waals surface area contributed by atoms with E-state index < -0.39 is 0 Å². The highest BCUT2D eigenvalue weighted by molar-refractivity contribution is 6.32. The van der Waals surface area contributed by atoms with Crippen LogP contribution in [0, 0.1) is 0 Å². The number of nitrogens with one attached hydrogen (secondary N) is 2. The average molecular weight is 283 g/mol. The highest BCUT2D eigenvalue weighted by atomic mass is 35.5. The van der Waals surface area contributed by atoms with Gasteiger partial charge in [0.05, 0.1) is 6.20 Å². The van der Waals surface area contributed by atoms with Crippen LogP contribution in [0.15, 0.2) is 6.20 Å². The number of hydrogen-bond donors (Lipinski definition) is 2. The van der Waals surface area contributed by atoms with Gasteiger partial charge < -0.3 is 10.6 Å². The molecule has 1 aliphatic carbocycles. The molecule has 0 amide bonds. The van der Waals surface area contributed by atoms with Crippen LogP contribution in [0.1, 0.15) is 52.4 Å². The maximum Gasteiger partial charge on any atom is 0.224 e. The van der Waals surface area contributed by atoms with Crippen molar-refractivity contribution in [2.75, 3.05) is 17.2 Å². The molecule has 0 atom stereocenters. The van der Waals surface area contributed by atoms with Crippen molar-refractivity contribution < 1.29 is 0 Å². The summed E-state index contributed by atoms with van der Waals surface area (Å²) in [5.74, 6) is 1.40. The van der Waals surface area contributed by atoms with Gasteiger partial charge in [0, 0.05) is 12.1 Å². The predicted octanol–water partition coefficient (Wildman–Crippen LogP) is 4.09. The van der Waals surface area contributed by atoms with Crippen LogP contribution in [-0.4, -0.2) is 22.1 Å². The zero-order valence-electron chi connectivity index (χ0n) is 11.8. The molecule has 0 unspecified atom stereocenters. The minimum atomic E-state index is 0.109. The van der Waals surface area contributed by atoms with Crippen molar-refractivity contribution in [2.24, 2.45) is 0 Å². The molecule has 0 saturated heterocycles. The lowest BCUT2D eigenvalue weighted by molar-refractivity contribution is 0.348. The van der Waals surface area contributed by atoms with Gasteiger partial charge in [0.25, 0.3) is 0 Å². The smallest absolute Gasteiger partial charge is 0.224 e. The van der Waals surface area contributed by atoms with E-state index >= 15 is 0 Å². The molecule has 2 rings (SSSR count). The summed E-state index contributed by atoms with van der Waals surface area (Å²) in [6.45, 7) is 5.24. The van der Waals surface area contributed by atoms with E-state index in [-0.39, 0.29) is 5.54 Å². The summed E-state index contributed by atoms with van der Waals surface area (Å²) in [5, 5.41) is 7.30. The van der Waals surface area contributed by atoms with E-state index in [9.17, 15) is 0 Å². The maximum atomic E-state index is 6.20. The van der Waals surface area contributed by atoms with Gasteiger partial charge in [-0.2, -0.15) is 4.98 Å². The predicted molar refractivity (Wildman–Crippen MR) is 80.9 cm³/mol. The van der Waals surface area contributed by atoms with Crippen molar-refractivity contribution in [3.05, 3.63) is 11.2 Å². The van der Waals surface area contributed by atoms with Gasteiger partial charge >= 0.3 is 0 Å². The van der Waals surface area contributed by atoms with Gasteiger partial charge in [-0.3, -0.25) is 0 Å². The van der Waals surface area contributed by atoms with Crippen LogP contribution >= 0.6 is 11.6 Å². The molecule has 1 heterocycles. The molecule has 0 radical (unpaired) electrons. The minimum absolute atomic E-state index is 0.109. The third-order valence-electron chi connectivity index (χ3n) is 3.65. The summed E-state index contributed by atoms with van der Waals surface area (Å²) in [7, 11) is 0. The van der Waals surface area contributed by atoms with E-state index in [1.54, 1.807) is 6.20 Å². The van der Waals surface area contributed by atoms with Crippen LogP contribution in [0.4, 0.5) is 11.8 Å². The summed E-state index contributed by atoms with van der Waals surface area (Å²) < 4.78 is 0. The molecule has 0 bridgehead atoms. The van der Waals surface area contributed by atoms with Crippen LogP contribution in [0.2, 0.25) is 5.02 Å². The largest absolute Gasteiger partial charge is 0.364 e. The maximum absolute atomic E-state index is 6.20. The molecule has 2 N–H and O–H groups in total. The summed E-state index contributed by atoms with van der Waals surface area (Å²) in [4.78, 5) is 8.68.